The van der Waals surface area contributed by atoms with Gasteiger partial charge in [0.05, 0.1) is 11.6 Å². The third kappa shape index (κ3) is 3.11. The molecule has 20 heavy (non-hydrogen) atoms. The van der Waals surface area contributed by atoms with Gasteiger partial charge in [0.25, 0.3) is 0 Å². The molecule has 2 aromatic rings. The lowest BCUT2D eigenvalue weighted by molar-refractivity contribution is 0.408. The van der Waals surface area contributed by atoms with E-state index in [-0.39, 0.29) is 11.8 Å². The van der Waals surface area contributed by atoms with Crippen LogP contribution in [-0.2, 0) is 0 Å². The second-order valence-corrected chi connectivity index (χ2v) is 5.20. The maximum absolute atomic E-state index is 14.0. The summed E-state index contributed by atoms with van der Waals surface area (Å²) < 4.78 is 25.4. The van der Waals surface area contributed by atoms with E-state index < -0.39 is 5.82 Å². The fraction of sp³-hybridized carbons (Fsp3) is 0.200. The normalized spacial score (nSPS) is 12.1. The van der Waals surface area contributed by atoms with Crippen LogP contribution in [0.5, 0.6) is 17.2 Å². The Bertz CT molecular complexity index is 617. The molecule has 5 heteroatoms. The molecule has 0 saturated carbocycles. The Balaban J connectivity index is 2.40. The maximum Gasteiger partial charge on any atom is 0.167 e. The van der Waals surface area contributed by atoms with Crippen molar-refractivity contribution in [1.29, 1.82) is 0 Å². The standard InChI is InChI=1S/C15H15BrFNO2/c1-9(18)11-4-3-5-13(17)15(11)20-14-7-6-10(19-2)8-12(14)16/h3-9H,18H2,1-2H3. The van der Waals surface area contributed by atoms with Crippen LogP contribution in [0.15, 0.2) is 40.9 Å². The molecule has 2 rings (SSSR count). The monoisotopic (exact) mass is 339 g/mol. The summed E-state index contributed by atoms with van der Waals surface area (Å²) in [7, 11) is 1.58. The molecule has 0 heterocycles. The van der Waals surface area contributed by atoms with E-state index in [1.807, 2.05) is 0 Å². The van der Waals surface area contributed by atoms with Crippen LogP contribution in [0.2, 0.25) is 0 Å². The highest BCUT2D eigenvalue weighted by atomic mass is 79.9. The first-order valence-electron chi connectivity index (χ1n) is 6.08. The average molecular weight is 340 g/mol. The first-order valence-corrected chi connectivity index (χ1v) is 6.87. The van der Waals surface area contributed by atoms with Crippen LogP contribution in [0.25, 0.3) is 0 Å². The fourth-order valence-corrected chi connectivity index (χ4v) is 2.23. The van der Waals surface area contributed by atoms with Crippen LogP contribution >= 0.6 is 15.9 Å². The molecule has 0 aliphatic carbocycles. The van der Waals surface area contributed by atoms with E-state index in [0.717, 1.165) is 0 Å². The van der Waals surface area contributed by atoms with Gasteiger partial charge in [0.15, 0.2) is 11.6 Å². The van der Waals surface area contributed by atoms with E-state index in [1.165, 1.54) is 6.07 Å². The zero-order chi connectivity index (χ0) is 14.7. The molecule has 0 bridgehead atoms. The van der Waals surface area contributed by atoms with Gasteiger partial charge >= 0.3 is 0 Å². The maximum atomic E-state index is 14.0. The predicted octanol–water partition coefficient (Wildman–Crippen LogP) is 4.41. The number of nitrogens with two attached hydrogens (primary N) is 1. The molecule has 0 aromatic heterocycles. The second-order valence-electron chi connectivity index (χ2n) is 4.35. The van der Waals surface area contributed by atoms with Crippen molar-refractivity contribution in [1.82, 2.24) is 0 Å². The van der Waals surface area contributed by atoms with Crippen molar-refractivity contribution in [2.45, 2.75) is 13.0 Å². The van der Waals surface area contributed by atoms with Gasteiger partial charge in [0, 0.05) is 11.6 Å². The van der Waals surface area contributed by atoms with Crippen LogP contribution in [-0.4, -0.2) is 7.11 Å². The van der Waals surface area contributed by atoms with Gasteiger partial charge in [-0.15, -0.1) is 0 Å². The van der Waals surface area contributed by atoms with E-state index in [9.17, 15) is 4.39 Å². The number of hydrogen-bond acceptors (Lipinski definition) is 3. The third-order valence-corrected chi connectivity index (χ3v) is 3.46. The van der Waals surface area contributed by atoms with Crippen LogP contribution in [0.4, 0.5) is 4.39 Å². The SMILES string of the molecule is COc1ccc(Oc2c(F)cccc2C(C)N)c(Br)c1. The molecule has 3 nitrogen and oxygen atoms in total. The van der Waals surface area contributed by atoms with Crippen molar-refractivity contribution in [2.24, 2.45) is 5.73 Å². The number of rotatable bonds is 4. The summed E-state index contributed by atoms with van der Waals surface area (Å²) in [6.07, 6.45) is 0. The minimum atomic E-state index is -0.442. The van der Waals surface area contributed by atoms with Gasteiger partial charge in [-0.25, -0.2) is 4.39 Å². The van der Waals surface area contributed by atoms with Crippen molar-refractivity contribution in [3.8, 4) is 17.2 Å². The minimum Gasteiger partial charge on any atom is -0.497 e. The molecule has 0 amide bonds. The summed E-state index contributed by atoms with van der Waals surface area (Å²) >= 11 is 3.37. The Morgan fingerprint density at radius 1 is 1.25 bits per heavy atom. The van der Waals surface area contributed by atoms with Crippen molar-refractivity contribution in [2.75, 3.05) is 7.11 Å². The van der Waals surface area contributed by atoms with E-state index in [4.69, 9.17) is 15.2 Å². The highest BCUT2D eigenvalue weighted by Crippen LogP contribution is 2.36. The molecule has 0 aliphatic rings. The largest absolute Gasteiger partial charge is 0.497 e. The molecule has 0 fully saturated rings. The van der Waals surface area contributed by atoms with E-state index >= 15 is 0 Å². The van der Waals surface area contributed by atoms with Crippen molar-refractivity contribution < 1.29 is 13.9 Å². The fourth-order valence-electron chi connectivity index (χ4n) is 1.79. The Labute approximate surface area is 125 Å². The molecule has 0 saturated heterocycles. The zero-order valence-electron chi connectivity index (χ0n) is 11.2. The number of hydrogen-bond donors (Lipinski definition) is 1. The highest BCUT2D eigenvalue weighted by Gasteiger charge is 2.15. The van der Waals surface area contributed by atoms with Gasteiger partial charge in [-0.05, 0) is 47.1 Å². The van der Waals surface area contributed by atoms with Gasteiger partial charge in [-0.1, -0.05) is 12.1 Å². The lowest BCUT2D eigenvalue weighted by Crippen LogP contribution is -2.07. The molecular weight excluding hydrogens is 325 g/mol. The first kappa shape index (κ1) is 14.8. The van der Waals surface area contributed by atoms with Gasteiger partial charge < -0.3 is 15.2 Å². The molecule has 2 N–H and O–H groups in total. The van der Waals surface area contributed by atoms with Gasteiger partial charge in [-0.2, -0.15) is 0 Å². The zero-order valence-corrected chi connectivity index (χ0v) is 12.8. The molecule has 1 atom stereocenters. The molecule has 106 valence electrons. The molecule has 0 radical (unpaired) electrons. The Kier molecular flexibility index (Phi) is 4.62. The number of para-hydroxylation sites is 1. The van der Waals surface area contributed by atoms with Crippen LogP contribution < -0.4 is 15.2 Å². The lowest BCUT2D eigenvalue weighted by Gasteiger charge is -2.15. The van der Waals surface area contributed by atoms with Crippen LogP contribution in [0.3, 0.4) is 0 Å². The Hall–Kier alpha value is -1.59. The van der Waals surface area contributed by atoms with Gasteiger partial charge in [0.2, 0.25) is 0 Å². The predicted molar refractivity (Wildman–Crippen MR) is 79.8 cm³/mol. The lowest BCUT2D eigenvalue weighted by atomic mass is 10.1. The first-order chi connectivity index (χ1) is 9.52. The molecule has 1 unspecified atom stereocenters. The summed E-state index contributed by atoms with van der Waals surface area (Å²) in [6, 6.07) is 9.59. The number of methoxy groups -OCH3 is 1. The molecular formula is C15H15BrFNO2. The van der Waals surface area contributed by atoms with Gasteiger partial charge in [0.1, 0.15) is 11.5 Å². The smallest absolute Gasteiger partial charge is 0.167 e. The summed E-state index contributed by atoms with van der Waals surface area (Å²) in [6.45, 7) is 1.78. The van der Waals surface area contributed by atoms with Crippen molar-refractivity contribution in [3.63, 3.8) is 0 Å². The Morgan fingerprint density at radius 2 is 2.00 bits per heavy atom. The molecule has 0 spiro atoms. The number of ether oxygens (including phenoxy) is 2. The van der Waals surface area contributed by atoms with Crippen molar-refractivity contribution in [3.05, 3.63) is 52.3 Å². The summed E-state index contributed by atoms with van der Waals surface area (Å²) in [5.41, 5.74) is 6.46. The minimum absolute atomic E-state index is 0.147. The van der Waals surface area contributed by atoms with E-state index in [1.54, 1.807) is 44.4 Å². The second kappa shape index (κ2) is 6.24. The topological polar surface area (TPSA) is 44.5 Å². The summed E-state index contributed by atoms with van der Waals surface area (Å²) in [5.74, 6) is 0.888. The summed E-state index contributed by atoms with van der Waals surface area (Å²) in [4.78, 5) is 0. The Morgan fingerprint density at radius 3 is 2.60 bits per heavy atom. The molecule has 2 aromatic carbocycles. The quantitative estimate of drug-likeness (QED) is 0.897. The van der Waals surface area contributed by atoms with Gasteiger partial charge in [-0.3, -0.25) is 0 Å². The van der Waals surface area contributed by atoms with Crippen LogP contribution in [0, 0.1) is 5.82 Å². The third-order valence-electron chi connectivity index (χ3n) is 2.84. The summed E-state index contributed by atoms with van der Waals surface area (Å²) in [5, 5.41) is 0. The average Bonchev–Trinajstić information content (AvgIpc) is 2.42. The number of benzene rings is 2. The van der Waals surface area contributed by atoms with Crippen LogP contribution in [0.1, 0.15) is 18.5 Å². The van der Waals surface area contributed by atoms with Crippen molar-refractivity contribution >= 4 is 15.9 Å². The number of halogens is 2. The van der Waals surface area contributed by atoms with E-state index in [0.29, 0.717) is 21.5 Å². The molecule has 0 aliphatic heterocycles. The van der Waals surface area contributed by atoms with E-state index in [2.05, 4.69) is 15.9 Å². The highest BCUT2D eigenvalue weighted by molar-refractivity contribution is 9.10.